The first-order chi connectivity index (χ1) is 9.92. The Morgan fingerprint density at radius 2 is 1.95 bits per heavy atom. The predicted molar refractivity (Wildman–Crippen MR) is 70.7 cm³/mol. The number of alkyl halides is 3. The molecule has 4 nitrogen and oxygen atoms in total. The van der Waals surface area contributed by atoms with E-state index < -0.39 is 18.7 Å². The van der Waals surface area contributed by atoms with E-state index in [0.717, 1.165) is 5.56 Å². The van der Waals surface area contributed by atoms with Gasteiger partial charge in [-0.1, -0.05) is 30.3 Å². The largest absolute Gasteiger partial charge is 0.445 e. The minimum atomic E-state index is -4.13. The summed E-state index contributed by atoms with van der Waals surface area (Å²) in [5.74, 6) is 0. The third-order valence-corrected chi connectivity index (χ3v) is 3.20. The third kappa shape index (κ3) is 5.63. The number of amides is 1. The van der Waals surface area contributed by atoms with E-state index in [1.54, 1.807) is 4.90 Å². The minimum absolute atomic E-state index is 0.0270. The fraction of sp³-hybridized carbons (Fsp3) is 0.500. The van der Waals surface area contributed by atoms with E-state index in [4.69, 9.17) is 4.74 Å². The van der Waals surface area contributed by atoms with Crippen LogP contribution in [0, 0.1) is 0 Å². The number of likely N-dealkylation sites (tertiary alicyclic amines) is 1. The number of benzene rings is 1. The molecule has 1 aliphatic heterocycles. The zero-order valence-electron chi connectivity index (χ0n) is 11.4. The van der Waals surface area contributed by atoms with Gasteiger partial charge in [0.1, 0.15) is 6.61 Å². The van der Waals surface area contributed by atoms with Gasteiger partial charge in [0, 0.05) is 19.6 Å². The molecule has 0 atom stereocenters. The molecule has 21 heavy (non-hydrogen) atoms. The van der Waals surface area contributed by atoms with E-state index in [0.29, 0.717) is 13.1 Å². The van der Waals surface area contributed by atoms with Gasteiger partial charge in [0.2, 0.25) is 0 Å². The second kappa shape index (κ2) is 6.80. The molecule has 1 heterocycles. The molecular formula is C14H17F3N2O2. The summed E-state index contributed by atoms with van der Waals surface area (Å²) in [5.41, 5.74) is 0.882. The van der Waals surface area contributed by atoms with Crippen LogP contribution in [0.1, 0.15) is 12.0 Å². The van der Waals surface area contributed by atoms with Gasteiger partial charge in [-0.3, -0.25) is 4.90 Å². The molecule has 1 amide bonds. The van der Waals surface area contributed by atoms with Crippen molar-refractivity contribution in [2.24, 2.45) is 0 Å². The Morgan fingerprint density at radius 3 is 2.57 bits per heavy atom. The quantitative estimate of drug-likeness (QED) is 0.909. The van der Waals surface area contributed by atoms with Crippen molar-refractivity contribution >= 4 is 6.09 Å². The third-order valence-electron chi connectivity index (χ3n) is 3.20. The van der Waals surface area contributed by atoms with Crippen LogP contribution in [-0.4, -0.2) is 42.8 Å². The molecule has 0 aliphatic carbocycles. The number of nitrogens with one attached hydrogen (secondary N) is 1. The first-order valence-corrected chi connectivity index (χ1v) is 6.69. The molecule has 116 valence electrons. The Morgan fingerprint density at radius 1 is 1.29 bits per heavy atom. The molecule has 1 saturated heterocycles. The molecule has 2 rings (SSSR count). The zero-order chi connectivity index (χ0) is 15.3. The number of halogens is 3. The molecule has 0 aromatic heterocycles. The molecule has 7 heteroatoms. The predicted octanol–water partition coefficient (Wildman–Crippen LogP) is 2.55. The number of nitrogens with zero attached hydrogens (tertiary/aromatic N) is 1. The second-order valence-corrected chi connectivity index (χ2v) is 5.03. The van der Waals surface area contributed by atoms with E-state index in [2.05, 4.69) is 5.32 Å². The molecule has 1 aliphatic rings. The average molecular weight is 302 g/mol. The lowest BCUT2D eigenvalue weighted by Crippen LogP contribution is -2.59. The van der Waals surface area contributed by atoms with Gasteiger partial charge in [-0.15, -0.1) is 0 Å². The number of hydrogen-bond acceptors (Lipinski definition) is 3. The summed E-state index contributed by atoms with van der Waals surface area (Å²) in [7, 11) is 0. The lowest BCUT2D eigenvalue weighted by Gasteiger charge is -2.39. The van der Waals surface area contributed by atoms with Crippen LogP contribution in [0.2, 0.25) is 0 Å². The Kier molecular flexibility index (Phi) is 5.06. The van der Waals surface area contributed by atoms with Crippen LogP contribution in [0.25, 0.3) is 0 Å². The molecule has 0 bridgehead atoms. The normalized spacial score (nSPS) is 16.3. The first-order valence-electron chi connectivity index (χ1n) is 6.69. The standard InChI is InChI=1S/C14H17F3N2O2/c15-14(16,17)6-7-19-8-12(9-19)18-13(20)21-10-11-4-2-1-3-5-11/h1-5,12H,6-10H2,(H,18,20). The second-order valence-electron chi connectivity index (χ2n) is 5.03. The Balaban J connectivity index is 1.58. The molecule has 0 spiro atoms. The fourth-order valence-electron chi connectivity index (χ4n) is 2.06. The van der Waals surface area contributed by atoms with Crippen LogP contribution in [0.4, 0.5) is 18.0 Å². The van der Waals surface area contributed by atoms with Gasteiger partial charge in [0.25, 0.3) is 0 Å². The van der Waals surface area contributed by atoms with E-state index in [-0.39, 0.29) is 19.2 Å². The number of carbonyl (C=O) groups is 1. The van der Waals surface area contributed by atoms with Gasteiger partial charge in [-0.2, -0.15) is 13.2 Å². The fourth-order valence-corrected chi connectivity index (χ4v) is 2.06. The van der Waals surface area contributed by atoms with Crippen LogP contribution in [0.15, 0.2) is 30.3 Å². The minimum Gasteiger partial charge on any atom is -0.445 e. The summed E-state index contributed by atoms with van der Waals surface area (Å²) in [6.45, 7) is 1.00. The van der Waals surface area contributed by atoms with Gasteiger partial charge < -0.3 is 10.1 Å². The van der Waals surface area contributed by atoms with Crippen molar-refractivity contribution in [2.45, 2.75) is 25.2 Å². The van der Waals surface area contributed by atoms with Crippen LogP contribution in [0.3, 0.4) is 0 Å². The maximum atomic E-state index is 12.0. The monoisotopic (exact) mass is 302 g/mol. The van der Waals surface area contributed by atoms with Gasteiger partial charge in [0.05, 0.1) is 12.5 Å². The Labute approximate surface area is 120 Å². The van der Waals surface area contributed by atoms with Crippen LogP contribution in [0.5, 0.6) is 0 Å². The van der Waals surface area contributed by atoms with Crippen molar-refractivity contribution in [3.63, 3.8) is 0 Å². The number of alkyl carbamates (subject to hydrolysis) is 1. The average Bonchev–Trinajstić information content (AvgIpc) is 2.39. The lowest BCUT2D eigenvalue weighted by molar-refractivity contribution is -0.140. The summed E-state index contributed by atoms with van der Waals surface area (Å²) in [6.07, 6.45) is -5.50. The highest BCUT2D eigenvalue weighted by Gasteiger charge is 2.33. The number of ether oxygens (including phenoxy) is 1. The maximum absolute atomic E-state index is 12.0. The van der Waals surface area contributed by atoms with E-state index in [1.807, 2.05) is 30.3 Å². The molecule has 0 unspecified atom stereocenters. The topological polar surface area (TPSA) is 41.6 Å². The SMILES string of the molecule is O=C(NC1CN(CCC(F)(F)F)C1)OCc1ccccc1. The van der Waals surface area contributed by atoms with Gasteiger partial charge in [0.15, 0.2) is 0 Å². The highest BCUT2D eigenvalue weighted by molar-refractivity contribution is 5.67. The van der Waals surface area contributed by atoms with Crippen molar-refractivity contribution in [3.05, 3.63) is 35.9 Å². The van der Waals surface area contributed by atoms with Crippen LogP contribution in [-0.2, 0) is 11.3 Å². The van der Waals surface area contributed by atoms with E-state index in [9.17, 15) is 18.0 Å². The van der Waals surface area contributed by atoms with Gasteiger partial charge in [-0.05, 0) is 5.56 Å². The summed E-state index contributed by atoms with van der Waals surface area (Å²) in [5, 5.41) is 2.63. The van der Waals surface area contributed by atoms with Crippen LogP contribution < -0.4 is 5.32 Å². The molecule has 0 radical (unpaired) electrons. The molecule has 1 aromatic carbocycles. The molecule has 1 aromatic rings. The van der Waals surface area contributed by atoms with Crippen molar-refractivity contribution < 1.29 is 22.7 Å². The van der Waals surface area contributed by atoms with Crippen molar-refractivity contribution in [1.29, 1.82) is 0 Å². The Bertz CT molecular complexity index is 459. The number of carbonyl (C=O) groups excluding carboxylic acids is 1. The molecule has 1 N–H and O–H groups in total. The van der Waals surface area contributed by atoms with Crippen molar-refractivity contribution in [2.75, 3.05) is 19.6 Å². The zero-order valence-corrected chi connectivity index (χ0v) is 11.4. The summed E-state index contributed by atoms with van der Waals surface area (Å²) in [4.78, 5) is 13.2. The molecule has 0 saturated carbocycles. The van der Waals surface area contributed by atoms with Crippen molar-refractivity contribution in [1.82, 2.24) is 10.2 Å². The maximum Gasteiger partial charge on any atom is 0.407 e. The number of rotatable bonds is 5. The van der Waals surface area contributed by atoms with Crippen molar-refractivity contribution in [3.8, 4) is 0 Å². The Hall–Kier alpha value is -1.76. The summed E-state index contributed by atoms with van der Waals surface area (Å²) >= 11 is 0. The molecular weight excluding hydrogens is 285 g/mol. The van der Waals surface area contributed by atoms with Gasteiger partial charge in [-0.25, -0.2) is 4.79 Å². The van der Waals surface area contributed by atoms with E-state index in [1.165, 1.54) is 0 Å². The molecule has 1 fully saturated rings. The highest BCUT2D eigenvalue weighted by atomic mass is 19.4. The first kappa shape index (κ1) is 15.6. The summed E-state index contributed by atoms with van der Waals surface area (Å²) < 4.78 is 41.1. The van der Waals surface area contributed by atoms with E-state index >= 15 is 0 Å². The number of hydrogen-bond donors (Lipinski definition) is 1. The lowest BCUT2D eigenvalue weighted by atomic mass is 10.1. The van der Waals surface area contributed by atoms with Crippen LogP contribution >= 0.6 is 0 Å². The smallest absolute Gasteiger partial charge is 0.407 e. The summed E-state index contributed by atoms with van der Waals surface area (Å²) in [6, 6.07) is 9.11. The van der Waals surface area contributed by atoms with Gasteiger partial charge >= 0.3 is 12.3 Å². The highest BCUT2D eigenvalue weighted by Crippen LogP contribution is 2.21.